The Morgan fingerprint density at radius 1 is 1.41 bits per heavy atom. The van der Waals surface area contributed by atoms with Crippen LogP contribution in [-0.2, 0) is 10.0 Å². The molecular formula is C12H19Cl2FN2O4S. The average molecular weight is 377 g/mol. The number of nitrogens with one attached hydrogen (secondary N) is 2. The first kappa shape index (κ1) is 21.4. The topological polar surface area (TPSA) is 87.7 Å². The number of aliphatic hydroxyl groups is 1. The molecule has 0 spiro atoms. The molecular weight excluding hydrogens is 358 g/mol. The summed E-state index contributed by atoms with van der Waals surface area (Å²) in [5, 5.41) is 12.7. The molecule has 0 aromatic heterocycles. The van der Waals surface area contributed by atoms with Gasteiger partial charge in [-0.1, -0.05) is 0 Å². The molecule has 2 atom stereocenters. The number of rotatable bonds is 4. The van der Waals surface area contributed by atoms with E-state index in [1.165, 1.54) is 19.2 Å². The summed E-state index contributed by atoms with van der Waals surface area (Å²) in [7, 11) is -2.59. The summed E-state index contributed by atoms with van der Waals surface area (Å²) < 4.78 is 45.0. The number of benzene rings is 1. The van der Waals surface area contributed by atoms with Gasteiger partial charge in [0.05, 0.1) is 24.2 Å². The number of halogens is 3. The van der Waals surface area contributed by atoms with E-state index >= 15 is 0 Å². The predicted molar refractivity (Wildman–Crippen MR) is 85.1 cm³/mol. The lowest BCUT2D eigenvalue weighted by Crippen LogP contribution is -2.53. The van der Waals surface area contributed by atoms with Crippen LogP contribution in [0.25, 0.3) is 0 Å². The molecule has 0 unspecified atom stereocenters. The SMILES string of the molecule is COc1ccc(S(=O)(=O)N[C@H]2CNCC[C@H]2O)cc1F.Cl.Cl. The van der Waals surface area contributed by atoms with Crippen LogP contribution >= 0.6 is 24.8 Å². The van der Waals surface area contributed by atoms with Gasteiger partial charge in [-0.2, -0.15) is 0 Å². The first-order valence-corrected chi connectivity index (χ1v) is 7.67. The molecule has 3 N–H and O–H groups in total. The quantitative estimate of drug-likeness (QED) is 0.718. The Kier molecular flexibility index (Phi) is 8.60. The van der Waals surface area contributed by atoms with Crippen LogP contribution in [0.2, 0.25) is 0 Å². The molecule has 0 aliphatic carbocycles. The molecule has 10 heteroatoms. The molecule has 1 aliphatic rings. The lowest BCUT2D eigenvalue weighted by atomic mass is 10.1. The van der Waals surface area contributed by atoms with Gasteiger partial charge < -0.3 is 15.2 Å². The van der Waals surface area contributed by atoms with Crippen LogP contribution in [0.1, 0.15) is 6.42 Å². The van der Waals surface area contributed by atoms with Crippen LogP contribution in [-0.4, -0.2) is 45.9 Å². The van der Waals surface area contributed by atoms with Crippen molar-refractivity contribution in [3.05, 3.63) is 24.0 Å². The first-order chi connectivity index (χ1) is 9.44. The number of sulfonamides is 1. The highest BCUT2D eigenvalue weighted by Crippen LogP contribution is 2.21. The van der Waals surface area contributed by atoms with Gasteiger partial charge in [-0.3, -0.25) is 0 Å². The molecule has 6 nitrogen and oxygen atoms in total. The minimum absolute atomic E-state index is 0. The number of methoxy groups -OCH3 is 1. The van der Waals surface area contributed by atoms with E-state index in [1.54, 1.807) is 0 Å². The zero-order valence-electron chi connectivity index (χ0n) is 11.8. The fraction of sp³-hybridized carbons (Fsp3) is 0.500. The highest BCUT2D eigenvalue weighted by Gasteiger charge is 2.28. The highest BCUT2D eigenvalue weighted by molar-refractivity contribution is 7.89. The lowest BCUT2D eigenvalue weighted by molar-refractivity contribution is 0.109. The number of ether oxygens (including phenoxy) is 1. The Labute approximate surface area is 141 Å². The van der Waals surface area contributed by atoms with Crippen molar-refractivity contribution in [2.75, 3.05) is 20.2 Å². The predicted octanol–water partition coefficient (Wildman–Crippen LogP) is 0.679. The van der Waals surface area contributed by atoms with E-state index in [0.29, 0.717) is 19.5 Å². The Bertz CT molecular complexity index is 588. The highest BCUT2D eigenvalue weighted by atomic mass is 35.5. The second-order valence-corrected chi connectivity index (χ2v) is 6.30. The Hall–Kier alpha value is -0.640. The minimum Gasteiger partial charge on any atom is -0.494 e. The van der Waals surface area contributed by atoms with Gasteiger partial charge in [-0.25, -0.2) is 17.5 Å². The smallest absolute Gasteiger partial charge is 0.241 e. The average Bonchev–Trinajstić information content (AvgIpc) is 2.41. The van der Waals surface area contributed by atoms with Crippen LogP contribution in [0.5, 0.6) is 5.75 Å². The number of piperidine rings is 1. The van der Waals surface area contributed by atoms with Gasteiger partial charge >= 0.3 is 0 Å². The normalized spacial score (nSPS) is 21.4. The monoisotopic (exact) mass is 376 g/mol. The molecule has 22 heavy (non-hydrogen) atoms. The number of hydrogen-bond donors (Lipinski definition) is 3. The third kappa shape index (κ3) is 4.94. The second-order valence-electron chi connectivity index (χ2n) is 4.58. The maximum absolute atomic E-state index is 13.6. The second kappa shape index (κ2) is 8.85. The van der Waals surface area contributed by atoms with E-state index in [0.717, 1.165) is 6.07 Å². The molecule has 1 aromatic carbocycles. The van der Waals surface area contributed by atoms with Gasteiger partial charge in [0.25, 0.3) is 0 Å². The molecule has 0 amide bonds. The zero-order chi connectivity index (χ0) is 14.8. The molecule has 0 radical (unpaired) electrons. The minimum atomic E-state index is -3.89. The fourth-order valence-electron chi connectivity index (χ4n) is 2.05. The van der Waals surface area contributed by atoms with E-state index in [-0.39, 0.29) is 35.5 Å². The van der Waals surface area contributed by atoms with Crippen molar-refractivity contribution in [1.29, 1.82) is 0 Å². The van der Waals surface area contributed by atoms with Crippen molar-refractivity contribution in [2.24, 2.45) is 0 Å². The fourth-order valence-corrected chi connectivity index (χ4v) is 3.33. The number of aliphatic hydroxyl groups excluding tert-OH is 1. The van der Waals surface area contributed by atoms with Crippen LogP contribution < -0.4 is 14.8 Å². The summed E-state index contributed by atoms with van der Waals surface area (Å²) in [5.41, 5.74) is 0. The molecule has 1 heterocycles. The Balaban J connectivity index is 0.00000220. The Morgan fingerprint density at radius 2 is 2.09 bits per heavy atom. The van der Waals surface area contributed by atoms with E-state index < -0.39 is 28.0 Å². The third-order valence-electron chi connectivity index (χ3n) is 3.19. The molecule has 0 bridgehead atoms. The lowest BCUT2D eigenvalue weighted by Gasteiger charge is -2.28. The van der Waals surface area contributed by atoms with Crippen LogP contribution in [0.15, 0.2) is 23.1 Å². The molecule has 128 valence electrons. The summed E-state index contributed by atoms with van der Waals surface area (Å²) in [6.07, 6.45) is -0.293. The van der Waals surface area contributed by atoms with Crippen molar-refractivity contribution >= 4 is 34.8 Å². The van der Waals surface area contributed by atoms with Crippen molar-refractivity contribution < 1.29 is 22.7 Å². The first-order valence-electron chi connectivity index (χ1n) is 6.18. The molecule has 1 saturated heterocycles. The van der Waals surface area contributed by atoms with Gasteiger partial charge in [-0.15, -0.1) is 24.8 Å². The van der Waals surface area contributed by atoms with Gasteiger partial charge in [-0.05, 0) is 31.2 Å². The summed E-state index contributed by atoms with van der Waals surface area (Å²) in [6.45, 7) is 0.968. The van der Waals surface area contributed by atoms with Crippen molar-refractivity contribution in [3.8, 4) is 5.75 Å². The third-order valence-corrected chi connectivity index (χ3v) is 4.67. The van der Waals surface area contributed by atoms with Gasteiger partial charge in [0, 0.05) is 6.54 Å². The largest absolute Gasteiger partial charge is 0.494 e. The zero-order valence-corrected chi connectivity index (χ0v) is 14.2. The van der Waals surface area contributed by atoms with Crippen molar-refractivity contribution in [3.63, 3.8) is 0 Å². The Morgan fingerprint density at radius 3 is 2.64 bits per heavy atom. The molecule has 1 fully saturated rings. The maximum Gasteiger partial charge on any atom is 0.241 e. The van der Waals surface area contributed by atoms with E-state index in [2.05, 4.69) is 10.0 Å². The molecule has 1 aromatic rings. The van der Waals surface area contributed by atoms with E-state index in [9.17, 15) is 17.9 Å². The van der Waals surface area contributed by atoms with Crippen LogP contribution in [0.4, 0.5) is 4.39 Å². The summed E-state index contributed by atoms with van der Waals surface area (Å²) >= 11 is 0. The van der Waals surface area contributed by atoms with E-state index in [1.807, 2.05) is 0 Å². The van der Waals surface area contributed by atoms with Gasteiger partial charge in [0.2, 0.25) is 10.0 Å². The summed E-state index contributed by atoms with van der Waals surface area (Å²) in [4.78, 5) is -0.200. The maximum atomic E-state index is 13.6. The molecule has 1 aliphatic heterocycles. The van der Waals surface area contributed by atoms with Crippen LogP contribution in [0.3, 0.4) is 0 Å². The standard InChI is InChI=1S/C12H17FN2O4S.2ClH/c1-19-12-3-2-8(6-9(12)13)20(17,18)15-10-7-14-5-4-11(10)16;;/h2-3,6,10-11,14-16H,4-5,7H2,1H3;2*1H/t10-,11+;;/m0../s1. The summed E-state index contributed by atoms with van der Waals surface area (Å²) in [6, 6.07) is 2.77. The van der Waals surface area contributed by atoms with E-state index in [4.69, 9.17) is 4.74 Å². The molecule has 2 rings (SSSR count). The summed E-state index contributed by atoms with van der Waals surface area (Å²) in [5.74, 6) is -0.777. The molecule has 0 saturated carbocycles. The van der Waals surface area contributed by atoms with Gasteiger partial charge in [0.15, 0.2) is 11.6 Å². The van der Waals surface area contributed by atoms with Crippen molar-refractivity contribution in [2.45, 2.75) is 23.5 Å². The van der Waals surface area contributed by atoms with Crippen molar-refractivity contribution in [1.82, 2.24) is 10.0 Å². The van der Waals surface area contributed by atoms with Gasteiger partial charge in [0.1, 0.15) is 0 Å². The van der Waals surface area contributed by atoms with Crippen LogP contribution in [0, 0.1) is 5.82 Å². The number of hydrogen-bond acceptors (Lipinski definition) is 5.